The predicted molar refractivity (Wildman–Crippen MR) is 83.2 cm³/mol. The van der Waals surface area contributed by atoms with E-state index in [-0.39, 0.29) is 17.4 Å². The van der Waals surface area contributed by atoms with Gasteiger partial charge in [-0.1, -0.05) is 12.8 Å². The molecule has 120 valence electrons. The topological polar surface area (TPSA) is 71.1 Å². The molecule has 2 aromatic rings. The van der Waals surface area contributed by atoms with Crippen LogP contribution in [0.5, 0.6) is 6.01 Å². The van der Waals surface area contributed by atoms with E-state index in [0.717, 1.165) is 4.57 Å². The van der Waals surface area contributed by atoms with Crippen LogP contribution >= 0.6 is 0 Å². The van der Waals surface area contributed by atoms with Crippen LogP contribution in [0.4, 0.5) is 0 Å². The first-order valence-corrected chi connectivity index (χ1v) is 7.71. The first-order valence-electron chi connectivity index (χ1n) is 7.71. The zero-order valence-electron chi connectivity index (χ0n) is 13.5. The molecule has 0 bridgehead atoms. The van der Waals surface area contributed by atoms with Crippen molar-refractivity contribution in [2.75, 3.05) is 0 Å². The van der Waals surface area contributed by atoms with Crippen LogP contribution in [0.15, 0.2) is 9.59 Å². The molecule has 1 aliphatic carbocycles. The predicted octanol–water partition coefficient (Wildman–Crippen LogP) is 0.928. The zero-order valence-corrected chi connectivity index (χ0v) is 13.5. The Labute approximate surface area is 128 Å². The highest BCUT2D eigenvalue weighted by Gasteiger charge is 2.25. The number of aromatic nitrogens is 4. The van der Waals surface area contributed by atoms with E-state index in [0.29, 0.717) is 23.1 Å². The lowest BCUT2D eigenvalue weighted by atomic mass is 10.0. The van der Waals surface area contributed by atoms with Gasteiger partial charge in [0, 0.05) is 21.1 Å². The third-order valence-electron chi connectivity index (χ3n) is 4.79. The van der Waals surface area contributed by atoms with Crippen molar-refractivity contribution >= 4 is 11.2 Å². The van der Waals surface area contributed by atoms with Gasteiger partial charge in [-0.15, -0.1) is 0 Å². The number of nitrogens with zero attached hydrogens (tertiary/aromatic N) is 4. The van der Waals surface area contributed by atoms with Gasteiger partial charge < -0.3 is 4.74 Å². The highest BCUT2D eigenvalue weighted by molar-refractivity contribution is 5.71. The fraction of sp³-hybridized carbons (Fsp3) is 0.667. The SMILES string of the molecule is C[C@H](Oc1nc2c(c(=O)n(C)c(=O)n2C)n1C)C1CCCC1. The maximum absolute atomic E-state index is 12.3. The van der Waals surface area contributed by atoms with E-state index in [2.05, 4.69) is 4.98 Å². The van der Waals surface area contributed by atoms with Gasteiger partial charge in [-0.05, 0) is 25.7 Å². The number of hydrogen-bond donors (Lipinski definition) is 0. The van der Waals surface area contributed by atoms with Crippen molar-refractivity contribution in [1.82, 2.24) is 18.7 Å². The lowest BCUT2D eigenvalue weighted by molar-refractivity contribution is 0.137. The third-order valence-corrected chi connectivity index (χ3v) is 4.79. The minimum absolute atomic E-state index is 0.0545. The van der Waals surface area contributed by atoms with Gasteiger partial charge in [0.15, 0.2) is 11.2 Å². The Hall–Kier alpha value is -2.05. The zero-order chi connectivity index (χ0) is 16.0. The molecule has 0 aliphatic heterocycles. The largest absolute Gasteiger partial charge is 0.461 e. The Morgan fingerprint density at radius 1 is 1.09 bits per heavy atom. The second kappa shape index (κ2) is 5.30. The highest BCUT2D eigenvalue weighted by atomic mass is 16.5. The van der Waals surface area contributed by atoms with Gasteiger partial charge in [-0.3, -0.25) is 18.5 Å². The molecule has 0 saturated heterocycles. The van der Waals surface area contributed by atoms with E-state index >= 15 is 0 Å². The number of fused-ring (bicyclic) bond motifs is 1. The molecule has 7 heteroatoms. The second-order valence-electron chi connectivity index (χ2n) is 6.20. The summed E-state index contributed by atoms with van der Waals surface area (Å²) in [5.41, 5.74) is 0.0184. The van der Waals surface area contributed by atoms with Crippen molar-refractivity contribution in [3.8, 4) is 6.01 Å². The van der Waals surface area contributed by atoms with Crippen molar-refractivity contribution in [3.05, 3.63) is 20.8 Å². The Balaban J connectivity index is 2.07. The molecule has 3 rings (SSSR count). The number of aryl methyl sites for hydroxylation is 2. The third kappa shape index (κ3) is 2.15. The van der Waals surface area contributed by atoms with Crippen LogP contribution in [0.2, 0.25) is 0 Å². The lowest BCUT2D eigenvalue weighted by Crippen LogP contribution is -2.37. The molecule has 0 unspecified atom stereocenters. The lowest BCUT2D eigenvalue weighted by Gasteiger charge is -2.19. The summed E-state index contributed by atoms with van der Waals surface area (Å²) in [5, 5.41) is 0. The van der Waals surface area contributed by atoms with E-state index in [9.17, 15) is 9.59 Å². The van der Waals surface area contributed by atoms with Crippen LogP contribution in [0.1, 0.15) is 32.6 Å². The second-order valence-corrected chi connectivity index (χ2v) is 6.20. The summed E-state index contributed by atoms with van der Waals surface area (Å²) >= 11 is 0. The molecule has 7 nitrogen and oxygen atoms in total. The monoisotopic (exact) mass is 306 g/mol. The molecule has 1 saturated carbocycles. The normalized spacial score (nSPS) is 17.3. The summed E-state index contributed by atoms with van der Waals surface area (Å²) in [5.74, 6) is 0.534. The first kappa shape index (κ1) is 14.9. The minimum atomic E-state index is -0.383. The Kier molecular flexibility index (Phi) is 3.58. The summed E-state index contributed by atoms with van der Waals surface area (Å²) in [6, 6.07) is 0.396. The van der Waals surface area contributed by atoms with Gasteiger partial charge >= 0.3 is 5.69 Å². The number of hydrogen-bond acceptors (Lipinski definition) is 4. The van der Waals surface area contributed by atoms with Crippen LogP contribution in [-0.4, -0.2) is 24.8 Å². The minimum Gasteiger partial charge on any atom is -0.461 e. The van der Waals surface area contributed by atoms with E-state index in [4.69, 9.17) is 4.74 Å². The first-order chi connectivity index (χ1) is 10.4. The summed E-state index contributed by atoms with van der Waals surface area (Å²) in [6.07, 6.45) is 4.89. The number of imidazole rings is 1. The van der Waals surface area contributed by atoms with Crippen LogP contribution in [0.3, 0.4) is 0 Å². The van der Waals surface area contributed by atoms with E-state index in [1.54, 1.807) is 18.7 Å². The average molecular weight is 306 g/mol. The van der Waals surface area contributed by atoms with Crippen LogP contribution in [-0.2, 0) is 21.1 Å². The van der Waals surface area contributed by atoms with Crippen molar-refractivity contribution in [1.29, 1.82) is 0 Å². The summed E-state index contributed by atoms with van der Waals surface area (Å²) < 4.78 is 10.1. The molecule has 0 radical (unpaired) electrons. The maximum Gasteiger partial charge on any atom is 0.332 e. The van der Waals surface area contributed by atoms with Gasteiger partial charge in [-0.25, -0.2) is 4.79 Å². The summed E-state index contributed by atoms with van der Waals surface area (Å²) in [4.78, 5) is 28.7. The molecular weight excluding hydrogens is 284 g/mol. The summed E-state index contributed by atoms with van der Waals surface area (Å²) in [7, 11) is 4.83. The maximum atomic E-state index is 12.3. The fourth-order valence-corrected chi connectivity index (χ4v) is 3.29. The molecule has 0 amide bonds. The number of rotatable bonds is 3. The Morgan fingerprint density at radius 2 is 1.73 bits per heavy atom. The van der Waals surface area contributed by atoms with Crippen LogP contribution in [0.25, 0.3) is 11.2 Å². The fourth-order valence-electron chi connectivity index (χ4n) is 3.29. The van der Waals surface area contributed by atoms with Crippen molar-refractivity contribution in [3.63, 3.8) is 0 Å². The quantitative estimate of drug-likeness (QED) is 0.846. The van der Waals surface area contributed by atoms with Gasteiger partial charge in [0.1, 0.15) is 6.10 Å². The average Bonchev–Trinajstić information content (AvgIpc) is 3.12. The van der Waals surface area contributed by atoms with E-state index < -0.39 is 0 Å². The molecular formula is C15H22N4O3. The molecule has 2 aromatic heterocycles. The van der Waals surface area contributed by atoms with Gasteiger partial charge in [0.05, 0.1) is 0 Å². The highest BCUT2D eigenvalue weighted by Crippen LogP contribution is 2.30. The summed E-state index contributed by atoms with van der Waals surface area (Å²) in [6.45, 7) is 2.05. The molecule has 1 fully saturated rings. The molecule has 0 spiro atoms. The van der Waals surface area contributed by atoms with E-state index in [1.165, 1.54) is 37.3 Å². The molecule has 1 aliphatic rings. The van der Waals surface area contributed by atoms with Crippen molar-refractivity contribution in [2.45, 2.75) is 38.7 Å². The van der Waals surface area contributed by atoms with Gasteiger partial charge in [-0.2, -0.15) is 4.98 Å². The molecule has 2 heterocycles. The Bertz CT molecular complexity index is 824. The van der Waals surface area contributed by atoms with Gasteiger partial charge in [0.2, 0.25) is 0 Å². The standard InChI is InChI=1S/C15H22N4O3/c1-9(10-7-5-6-8-10)22-14-16-12-11(17(14)2)13(20)19(4)15(21)18(12)3/h9-10H,5-8H2,1-4H3/t9-/m0/s1. The van der Waals surface area contributed by atoms with Crippen LogP contribution < -0.4 is 16.0 Å². The van der Waals surface area contributed by atoms with Crippen molar-refractivity contribution < 1.29 is 4.74 Å². The molecule has 22 heavy (non-hydrogen) atoms. The molecule has 0 N–H and O–H groups in total. The van der Waals surface area contributed by atoms with Crippen molar-refractivity contribution in [2.24, 2.45) is 27.1 Å². The van der Waals surface area contributed by atoms with Gasteiger partial charge in [0.25, 0.3) is 11.6 Å². The number of ether oxygens (including phenoxy) is 1. The Morgan fingerprint density at radius 3 is 2.36 bits per heavy atom. The smallest absolute Gasteiger partial charge is 0.332 e. The van der Waals surface area contributed by atoms with Crippen LogP contribution in [0, 0.1) is 5.92 Å². The molecule has 1 atom stereocenters. The van der Waals surface area contributed by atoms with E-state index in [1.807, 2.05) is 6.92 Å². The molecule has 0 aromatic carbocycles.